The van der Waals surface area contributed by atoms with E-state index in [-0.39, 0.29) is 11.0 Å². The Hall–Kier alpha value is -8.96. The van der Waals surface area contributed by atoms with Gasteiger partial charge in [0, 0.05) is 18.5 Å². The molecule has 3 heterocycles. The third kappa shape index (κ3) is 15.8. The van der Waals surface area contributed by atoms with Crippen LogP contribution in [0.5, 0.6) is 24.0 Å². The van der Waals surface area contributed by atoms with Crippen molar-refractivity contribution in [1.82, 2.24) is 29.9 Å². The highest BCUT2D eigenvalue weighted by Gasteiger charge is 2.99. The van der Waals surface area contributed by atoms with Gasteiger partial charge < -0.3 is 28.7 Å². The van der Waals surface area contributed by atoms with Gasteiger partial charge in [-0.05, 0) is 11.5 Å². The second kappa shape index (κ2) is 32.4. The molecule has 4 aromatic rings. The number of ether oxygens (including phenoxy) is 4. The average Bonchev–Trinajstić information content (AvgIpc) is 0.710. The van der Waals surface area contributed by atoms with Crippen LogP contribution >= 0.6 is 0 Å². The molecule has 5 rings (SSSR count). The van der Waals surface area contributed by atoms with Gasteiger partial charge >= 0.3 is 216 Å². The van der Waals surface area contributed by atoms with Crippen molar-refractivity contribution in [2.24, 2.45) is 0 Å². The predicted molar refractivity (Wildman–Crippen MR) is 282 cm³/mol. The Balaban J connectivity index is 1.87. The highest BCUT2D eigenvalue weighted by Crippen LogP contribution is 2.69. The van der Waals surface area contributed by atoms with E-state index in [9.17, 15) is 211 Å². The summed E-state index contributed by atoms with van der Waals surface area (Å²) in [6.07, 6.45) is -26.0. The number of benzene rings is 2. The lowest BCUT2D eigenvalue weighted by molar-refractivity contribution is -0.447. The predicted octanol–water partition coefficient (Wildman–Crippen LogP) is 22.9. The van der Waals surface area contributed by atoms with Crippen LogP contribution in [-0.2, 0) is 0 Å². The van der Waals surface area contributed by atoms with Gasteiger partial charge in [0.05, 0.1) is 11.4 Å². The van der Waals surface area contributed by atoms with Crippen molar-refractivity contribution >= 4 is 34.0 Å². The number of hydrogen-bond donors (Lipinski definition) is 0. The van der Waals surface area contributed by atoms with Crippen LogP contribution in [0.1, 0.15) is 0 Å². The lowest BCUT2D eigenvalue weighted by atomic mass is 9.89. The van der Waals surface area contributed by atoms with E-state index >= 15 is 70.2 Å². The quantitative estimate of drug-likeness (QED) is 0.0393. The molecule has 0 saturated carbocycles. The molecule has 2 aromatic carbocycles. The first kappa shape index (κ1) is 112. The number of halogens is 64. The van der Waals surface area contributed by atoms with E-state index in [1.54, 1.807) is 0 Å². The Morgan fingerprint density at radius 1 is 0.223 bits per heavy atom. The Morgan fingerprint density at radius 3 is 0.623 bits per heavy atom. The largest absolute Gasteiger partial charge is 0.457 e. The molecular weight excluding hydrogens is 2040 g/mol. The number of rotatable bonds is 42. The van der Waals surface area contributed by atoms with Crippen molar-refractivity contribution in [2.45, 2.75) is 192 Å². The lowest BCUT2D eigenvalue weighted by Crippen LogP contribution is -2.74. The van der Waals surface area contributed by atoms with Gasteiger partial charge in [0.1, 0.15) is 0 Å². The van der Waals surface area contributed by atoms with E-state index in [4.69, 9.17) is 0 Å². The second-order valence-corrected chi connectivity index (χ2v) is 25.5. The molecule has 0 atom stereocenters. The maximum atomic E-state index is 15.3. The topological polar surface area (TPSA) is 121 Å². The van der Waals surface area contributed by atoms with E-state index in [0.29, 0.717) is 30.3 Å². The summed E-state index contributed by atoms with van der Waals surface area (Å²) < 4.78 is 927. The fourth-order valence-corrected chi connectivity index (χ4v) is 9.39. The summed E-state index contributed by atoms with van der Waals surface area (Å²) in [5.41, 5.74) is -3.29. The lowest BCUT2D eigenvalue weighted by Gasteiger charge is -2.42. The van der Waals surface area contributed by atoms with Crippen LogP contribution in [0.3, 0.4) is 0 Å². The van der Waals surface area contributed by atoms with E-state index in [0.717, 1.165) is 0 Å². The Bertz CT molecular complexity index is 4460. The molecule has 130 heavy (non-hydrogen) atoms. The minimum atomic E-state index is -9.38. The maximum absolute atomic E-state index is 15.3. The van der Waals surface area contributed by atoms with E-state index in [1.807, 2.05) is 0 Å². The van der Waals surface area contributed by atoms with Gasteiger partial charge in [-0.15, -0.1) is 9.97 Å². The van der Waals surface area contributed by atoms with E-state index in [1.165, 1.54) is 0 Å². The van der Waals surface area contributed by atoms with Crippen molar-refractivity contribution in [3.63, 3.8) is 0 Å². The van der Waals surface area contributed by atoms with Gasteiger partial charge in [0.15, 0.2) is 26.4 Å². The SMILES string of the molecule is FC(F)C(F)(F)C(F)(F)C(F)(F)C(F)(F)C(F)(F)C(F)(F)C(F)(F)COc1nc(OCC(F)(F)C(F)(F)C(F)(F)C(F)(F)C(F)(F)C(F)(F)C(F)(F)C(F)F)nc(N2CCN(c3nc(OCC(F)(F)C(F)(F)C(F)(F)C(F)(F)C(F)(F)C(F)(F)C(F)(F)C(F)F)nc(OCC(F)(F)C(F)(F)C(F)(F)C(F)(F)C(F)(F)C(F)(F)C(F)(F)C(F)F)n3)c3c2ccc2ccccc32)n1. The summed E-state index contributed by atoms with van der Waals surface area (Å²) in [7, 11) is 0. The molecule has 12 nitrogen and oxygen atoms in total. The first-order chi connectivity index (χ1) is 57.0. The third-order valence-corrected chi connectivity index (χ3v) is 17.1. The summed E-state index contributed by atoms with van der Waals surface area (Å²) in [5.74, 6) is -252. The van der Waals surface area contributed by atoms with Gasteiger partial charge in [-0.3, -0.25) is 0 Å². The number of hydrogen-bond acceptors (Lipinski definition) is 12. The molecule has 0 amide bonds. The van der Waals surface area contributed by atoms with Gasteiger partial charge in [-0.2, -0.15) is 266 Å². The first-order valence-electron chi connectivity index (χ1n) is 30.8. The van der Waals surface area contributed by atoms with Crippen molar-refractivity contribution in [3.05, 3.63) is 36.4 Å². The molecule has 0 bridgehead atoms. The van der Waals surface area contributed by atoms with Crippen molar-refractivity contribution in [3.8, 4) is 24.0 Å². The van der Waals surface area contributed by atoms with Crippen molar-refractivity contribution < 1.29 is 300 Å². The second-order valence-electron chi connectivity index (χ2n) is 25.5. The smallest absolute Gasteiger partial charge is 0.385 e. The number of aromatic nitrogens is 6. The highest BCUT2D eigenvalue weighted by molar-refractivity contribution is 6.03. The molecule has 0 unspecified atom stereocenters. The average molecular weight is 2060 g/mol. The summed E-state index contributed by atoms with van der Waals surface area (Å²) in [4.78, 5) is 14.1. The summed E-state index contributed by atoms with van der Waals surface area (Å²) in [6, 6.07) is -10.1. The van der Waals surface area contributed by atoms with Gasteiger partial charge in [0.25, 0.3) is 0 Å². The molecular formula is C54H22F64N8O4. The normalized spacial score (nSPS) is 16.3. The molecule has 1 aliphatic heterocycles. The van der Waals surface area contributed by atoms with Crippen LogP contribution in [0.4, 0.5) is 304 Å². The van der Waals surface area contributed by atoms with Crippen LogP contribution in [0, 0.1) is 0 Å². The molecule has 2 aromatic heterocycles. The molecule has 750 valence electrons. The van der Waals surface area contributed by atoms with E-state index in [2.05, 4.69) is 48.9 Å². The molecule has 0 radical (unpaired) electrons. The molecule has 0 N–H and O–H groups in total. The zero-order chi connectivity index (χ0) is 103. The van der Waals surface area contributed by atoms with Crippen molar-refractivity contribution in [2.75, 3.05) is 49.3 Å². The molecule has 0 spiro atoms. The Kier molecular flexibility index (Phi) is 27.8. The van der Waals surface area contributed by atoms with Crippen molar-refractivity contribution in [1.29, 1.82) is 0 Å². The number of fused-ring (bicyclic) bond motifs is 3. The third-order valence-electron chi connectivity index (χ3n) is 17.1. The van der Waals surface area contributed by atoms with Crippen LogP contribution in [0.2, 0.25) is 0 Å². The first-order valence-corrected chi connectivity index (χ1v) is 30.8. The zero-order valence-corrected chi connectivity index (χ0v) is 58.4. The van der Waals surface area contributed by atoms with Gasteiger partial charge in [-0.25, -0.2) is 35.1 Å². The van der Waals surface area contributed by atoms with E-state index < -0.39 is 294 Å². The number of nitrogens with zero attached hydrogens (tertiary/aromatic N) is 8. The molecule has 0 saturated heterocycles. The Morgan fingerprint density at radius 2 is 0.408 bits per heavy atom. The summed E-state index contributed by atoms with van der Waals surface area (Å²) >= 11 is 0. The van der Waals surface area contributed by atoms with Crippen LogP contribution in [0.25, 0.3) is 10.8 Å². The minimum absolute atomic E-state index is 0.0603. The molecule has 1 aliphatic rings. The number of anilines is 4. The zero-order valence-electron chi connectivity index (χ0n) is 58.4. The summed E-state index contributed by atoms with van der Waals surface area (Å²) in [5, 5.41) is -1.92. The molecule has 0 aliphatic carbocycles. The van der Waals surface area contributed by atoms with Crippen LogP contribution in [0.15, 0.2) is 36.4 Å². The standard InChI is InChI=1S/C54H22F64N8O4/c55-17(56)31(71,72)39(87,88)47(103,104)51(111,112)43(95,96)35(79,80)27(63,64)9-127-23-119-21(120-24(123-23)128-10-28(65,66)36(81,82)44(97,98)52(113,114)48(105,106)40(89,90)32(73,74)18(57)58)125-7-8-126(16-14-4-2-1-3-13(14)5-6-15(16)125)22-121-25(129-11-29(67,68)37(83,84)45(99,100)53(115,116)49(107,108)41(91,92)33(75,76)19(59)60)124-26(122-22)130-12-30(69,70)38(85,86)46(101,102)54(117,118)50(109,110)42(93,94)34(77,78)20(61)62/h1-6,17-20H,7-12H2. The molecule has 0 fully saturated rings. The minimum Gasteiger partial charge on any atom is -0.457 e. The number of alkyl halides is 64. The van der Waals surface area contributed by atoms with Crippen LogP contribution < -0.4 is 28.7 Å². The fraction of sp³-hybridized carbons (Fsp3) is 0.704. The Labute approximate surface area is 665 Å². The fourth-order valence-electron chi connectivity index (χ4n) is 9.39. The van der Waals surface area contributed by atoms with Gasteiger partial charge in [-0.1, -0.05) is 30.3 Å². The monoisotopic (exact) mass is 2060 g/mol. The maximum Gasteiger partial charge on any atom is 0.385 e. The highest BCUT2D eigenvalue weighted by atomic mass is 19.4. The summed E-state index contributed by atoms with van der Waals surface area (Å²) in [6.45, 7) is -22.2. The van der Waals surface area contributed by atoms with Crippen LogP contribution in [-0.4, -0.2) is 261 Å². The molecule has 76 heteroatoms. The van der Waals surface area contributed by atoms with Gasteiger partial charge in [0.2, 0.25) is 11.9 Å².